The second-order valence-corrected chi connectivity index (χ2v) is 17.5. The van der Waals surface area contributed by atoms with Crippen molar-refractivity contribution in [1.29, 1.82) is 0 Å². The molecule has 11 nitrogen and oxygen atoms in total. The molecule has 3 aromatic carbocycles. The van der Waals surface area contributed by atoms with Crippen molar-refractivity contribution in [2.75, 3.05) is 44.0 Å². The van der Waals surface area contributed by atoms with Crippen molar-refractivity contribution in [1.82, 2.24) is 16.0 Å². The molecule has 0 saturated heterocycles. The minimum Gasteiger partial charge on any atom is -0.465 e. The molecule has 0 bridgehead atoms. The van der Waals surface area contributed by atoms with Gasteiger partial charge in [-0.1, -0.05) is 76.2 Å². The zero-order valence-corrected chi connectivity index (χ0v) is 31.6. The Morgan fingerprint density at radius 3 is 1.82 bits per heavy atom. The Labute approximate surface area is 308 Å². The maximum absolute atomic E-state index is 12.9. The largest absolute Gasteiger partial charge is 0.465 e. The molecule has 2 atom stereocenters. The summed E-state index contributed by atoms with van der Waals surface area (Å²) in [7, 11) is 0.504. The van der Waals surface area contributed by atoms with Gasteiger partial charge in [-0.2, -0.15) is 0 Å². The van der Waals surface area contributed by atoms with E-state index in [1.807, 2.05) is 18.2 Å². The molecular weight excluding hydrogens is 708 g/mol. The van der Waals surface area contributed by atoms with Gasteiger partial charge in [-0.05, 0) is 63.1 Å². The van der Waals surface area contributed by atoms with Gasteiger partial charge in [-0.3, -0.25) is 24.0 Å². The first-order valence-corrected chi connectivity index (χ1v) is 21.4. The zero-order chi connectivity index (χ0) is 36.9. The van der Waals surface area contributed by atoms with Gasteiger partial charge in [0.2, 0.25) is 17.7 Å². The van der Waals surface area contributed by atoms with Crippen LogP contribution in [0.15, 0.2) is 91.0 Å². The van der Waals surface area contributed by atoms with Crippen LogP contribution >= 0.6 is 28.9 Å². The third-order valence-electron chi connectivity index (χ3n) is 7.73. The number of benzene rings is 3. The number of carbonyl (C=O) groups excluding carboxylic acids is 5. The molecule has 3 aromatic rings. The molecule has 0 aliphatic rings. The topological polar surface area (TPSA) is 166 Å². The average Bonchev–Trinajstić information content (AvgIpc) is 3.15. The summed E-state index contributed by atoms with van der Waals surface area (Å²) in [4.78, 5) is 61.9. The monoisotopic (exact) mass is 755 g/mol. The highest BCUT2D eigenvalue weighted by Gasteiger charge is 2.44. The first-order chi connectivity index (χ1) is 24.7. The number of carbonyl (C=O) groups is 5. The Balaban J connectivity index is 1.55. The Bertz CT molecular complexity index is 1440. The second-order valence-electron chi connectivity index (χ2n) is 11.3. The highest BCUT2D eigenvalue weighted by Crippen LogP contribution is 2.55. The summed E-state index contributed by atoms with van der Waals surface area (Å²) in [6, 6.07) is 29.8. The molecule has 0 heterocycles. The molecule has 14 heteroatoms. The van der Waals surface area contributed by atoms with Gasteiger partial charge in [0, 0.05) is 18.7 Å². The number of nitrogens with one attached hydrogen (secondary N) is 3. The van der Waals surface area contributed by atoms with E-state index in [1.54, 1.807) is 13.8 Å². The van der Waals surface area contributed by atoms with E-state index < -0.39 is 43.1 Å². The van der Waals surface area contributed by atoms with Crippen LogP contribution in [0.4, 0.5) is 0 Å². The van der Waals surface area contributed by atoms with Gasteiger partial charge in [0.15, 0.2) is 0 Å². The van der Waals surface area contributed by atoms with Crippen LogP contribution < -0.4 is 37.6 Å². The van der Waals surface area contributed by atoms with Gasteiger partial charge in [0.05, 0.1) is 25.1 Å². The number of esters is 2. The van der Waals surface area contributed by atoms with Crippen LogP contribution in [0.3, 0.4) is 0 Å². The third-order valence-corrected chi connectivity index (χ3v) is 14.5. The van der Waals surface area contributed by atoms with E-state index in [9.17, 15) is 24.0 Å². The lowest BCUT2D eigenvalue weighted by molar-refractivity contribution is -0.145. The molecule has 3 rings (SSSR count). The van der Waals surface area contributed by atoms with Gasteiger partial charge in [0.1, 0.15) is 41.8 Å². The summed E-state index contributed by atoms with van der Waals surface area (Å²) < 4.78 is 9.73. The van der Waals surface area contributed by atoms with Crippen molar-refractivity contribution in [2.24, 2.45) is 5.73 Å². The molecule has 51 heavy (non-hydrogen) atoms. The quantitative estimate of drug-likeness (QED) is 0.0519. The number of amides is 3. The number of hydrogen-bond donors (Lipinski definition) is 4. The summed E-state index contributed by atoms with van der Waals surface area (Å²) in [6.45, 7) is 3.80. The minimum absolute atomic E-state index is 0.0368. The smallest absolute Gasteiger partial charge is 0.325 e. The maximum atomic E-state index is 12.9. The normalized spacial score (nSPS) is 12.2. The van der Waals surface area contributed by atoms with E-state index in [0.29, 0.717) is 6.54 Å². The van der Waals surface area contributed by atoms with E-state index in [1.165, 1.54) is 37.5 Å². The van der Waals surface area contributed by atoms with Crippen LogP contribution in [0.5, 0.6) is 0 Å². The standard InChI is InChI=1S/C37H47N4O7PS2/c1-3-47-35(44)25-40-36(45)32(41-33(42)22-21-31(38)37(46)48-4-2)26-50-51-27-34(43)39-23-14-24-49(28-15-8-5-9-16-28,29-17-10-6-11-18-29)30-19-12-7-13-20-30/h5-13,15-20,31-32H,3-4,14,21-27,38H2,1-2H3,(H2-,39,40,41,42,43,45)/p+1. The fourth-order valence-corrected chi connectivity index (χ4v) is 11.7. The molecule has 0 spiro atoms. The van der Waals surface area contributed by atoms with Crippen molar-refractivity contribution in [3.63, 3.8) is 0 Å². The predicted octanol–water partition coefficient (Wildman–Crippen LogP) is 2.70. The molecule has 2 unspecified atom stereocenters. The van der Waals surface area contributed by atoms with Gasteiger partial charge in [-0.15, -0.1) is 0 Å². The van der Waals surface area contributed by atoms with Crippen LogP contribution in [0, 0.1) is 0 Å². The number of hydrogen-bond acceptors (Lipinski definition) is 10. The van der Waals surface area contributed by atoms with Gasteiger partial charge in [0.25, 0.3) is 0 Å². The maximum Gasteiger partial charge on any atom is 0.325 e. The van der Waals surface area contributed by atoms with E-state index in [4.69, 9.17) is 15.2 Å². The number of nitrogens with two attached hydrogens (primary N) is 1. The minimum atomic E-state index is -2.00. The highest BCUT2D eigenvalue weighted by molar-refractivity contribution is 8.76. The van der Waals surface area contributed by atoms with E-state index in [2.05, 4.69) is 88.7 Å². The Hall–Kier alpha value is -3.90. The molecule has 0 aliphatic heterocycles. The zero-order valence-electron chi connectivity index (χ0n) is 29.1. The first-order valence-electron chi connectivity index (χ1n) is 16.9. The SMILES string of the molecule is CCOC(=O)CNC(=O)C(CSSCC(=O)NCCC[P+](c1ccccc1)(c1ccccc1)c1ccccc1)NC(=O)CCC(N)C(=O)OCC. The van der Waals surface area contributed by atoms with Crippen molar-refractivity contribution in [3.05, 3.63) is 91.0 Å². The van der Waals surface area contributed by atoms with Crippen LogP contribution in [0.25, 0.3) is 0 Å². The molecule has 274 valence electrons. The lowest BCUT2D eigenvalue weighted by Gasteiger charge is -2.27. The average molecular weight is 756 g/mol. The highest BCUT2D eigenvalue weighted by atomic mass is 33.1. The van der Waals surface area contributed by atoms with E-state index in [-0.39, 0.29) is 50.0 Å². The Morgan fingerprint density at radius 2 is 1.29 bits per heavy atom. The summed E-state index contributed by atoms with van der Waals surface area (Å²) in [5, 5.41) is 12.0. The lowest BCUT2D eigenvalue weighted by atomic mass is 10.1. The van der Waals surface area contributed by atoms with Crippen molar-refractivity contribution in [3.8, 4) is 0 Å². The molecule has 0 aliphatic carbocycles. The molecule has 5 N–H and O–H groups in total. The van der Waals surface area contributed by atoms with Crippen molar-refractivity contribution in [2.45, 2.75) is 45.2 Å². The molecule has 0 saturated carbocycles. The molecule has 3 amide bonds. The number of rotatable bonds is 22. The predicted molar refractivity (Wildman–Crippen MR) is 208 cm³/mol. The Morgan fingerprint density at radius 1 is 0.745 bits per heavy atom. The van der Waals surface area contributed by atoms with E-state index >= 15 is 0 Å². The second kappa shape index (κ2) is 22.8. The summed E-state index contributed by atoms with van der Waals surface area (Å²) in [5.41, 5.74) is 5.79. The van der Waals surface area contributed by atoms with Gasteiger partial charge in [-0.25, -0.2) is 0 Å². The van der Waals surface area contributed by atoms with E-state index in [0.717, 1.165) is 12.6 Å². The molecule has 0 aromatic heterocycles. The summed E-state index contributed by atoms with van der Waals surface area (Å²) in [6.07, 6.45) is 1.57. The third kappa shape index (κ3) is 13.6. The lowest BCUT2D eigenvalue weighted by Crippen LogP contribution is -2.49. The molecule has 0 fully saturated rings. The molecule has 0 radical (unpaired) electrons. The molecular formula is C37H48N4O7PS2+. The van der Waals surface area contributed by atoms with Crippen molar-refractivity contribution >= 4 is 74.4 Å². The fourth-order valence-electron chi connectivity index (χ4n) is 5.29. The van der Waals surface area contributed by atoms with Crippen molar-refractivity contribution < 1.29 is 33.4 Å². The van der Waals surface area contributed by atoms with Gasteiger partial charge < -0.3 is 31.2 Å². The summed E-state index contributed by atoms with van der Waals surface area (Å²) in [5.74, 6) is -2.16. The fraction of sp³-hybridized carbons (Fsp3) is 0.378. The first kappa shape index (κ1) is 41.5. The number of ether oxygens (including phenoxy) is 2. The van der Waals surface area contributed by atoms with Crippen LogP contribution in [-0.2, 0) is 33.4 Å². The Kier molecular flexibility index (Phi) is 18.6. The summed E-state index contributed by atoms with van der Waals surface area (Å²) >= 11 is 0. The van der Waals surface area contributed by atoms with Crippen LogP contribution in [0.1, 0.15) is 33.1 Å². The van der Waals surface area contributed by atoms with Crippen LogP contribution in [0.2, 0.25) is 0 Å². The van der Waals surface area contributed by atoms with Gasteiger partial charge >= 0.3 is 11.9 Å². The van der Waals surface area contributed by atoms with Crippen LogP contribution in [-0.4, -0.2) is 85.7 Å².